The van der Waals surface area contributed by atoms with E-state index >= 15 is 0 Å². The van der Waals surface area contributed by atoms with E-state index in [1.165, 1.54) is 12.1 Å². The Morgan fingerprint density at radius 2 is 2.10 bits per heavy atom. The third-order valence-electron chi connectivity index (χ3n) is 3.77. The molecule has 2 nitrogen and oxygen atoms in total. The Hall–Kier alpha value is -1.64. The normalized spacial score (nSPS) is 19.6. The lowest BCUT2D eigenvalue weighted by atomic mass is 9.95. The standard InChI is InChI=1S/C17H21FO2/c1-13(15-7-9-16(18)10-8-15)11-17(19)20-12-14-5-3-2-4-6-14/h2-3,7-10,13-14H,4-6,11-12H2,1H3. The Bertz CT molecular complexity index is 464. The zero-order chi connectivity index (χ0) is 14.4. The van der Waals surface area contributed by atoms with Crippen molar-refractivity contribution >= 4 is 5.97 Å². The highest BCUT2D eigenvalue weighted by Gasteiger charge is 2.15. The van der Waals surface area contributed by atoms with Gasteiger partial charge in [-0.05, 0) is 48.8 Å². The Kier molecular flexibility index (Phi) is 5.33. The van der Waals surface area contributed by atoms with Gasteiger partial charge in [0.15, 0.2) is 0 Å². The average Bonchev–Trinajstić information content (AvgIpc) is 2.47. The van der Waals surface area contributed by atoms with Gasteiger partial charge in [0, 0.05) is 0 Å². The molecule has 1 aromatic rings. The molecule has 2 rings (SSSR count). The molecule has 2 unspecified atom stereocenters. The molecule has 0 N–H and O–H groups in total. The van der Waals surface area contributed by atoms with E-state index in [9.17, 15) is 9.18 Å². The molecule has 20 heavy (non-hydrogen) atoms. The molecular formula is C17H21FO2. The van der Waals surface area contributed by atoms with Crippen LogP contribution in [0.4, 0.5) is 4.39 Å². The van der Waals surface area contributed by atoms with Crippen LogP contribution in [0.3, 0.4) is 0 Å². The van der Waals surface area contributed by atoms with Crippen LogP contribution in [0.2, 0.25) is 0 Å². The second-order valence-corrected chi connectivity index (χ2v) is 5.49. The van der Waals surface area contributed by atoms with Crippen LogP contribution in [0.5, 0.6) is 0 Å². The number of carbonyl (C=O) groups excluding carboxylic acids is 1. The largest absolute Gasteiger partial charge is 0.465 e. The lowest BCUT2D eigenvalue weighted by Gasteiger charge is -2.18. The first-order valence-electron chi connectivity index (χ1n) is 7.21. The van der Waals surface area contributed by atoms with Crippen LogP contribution in [0.1, 0.15) is 44.1 Å². The Labute approximate surface area is 119 Å². The van der Waals surface area contributed by atoms with E-state index in [1.807, 2.05) is 6.92 Å². The topological polar surface area (TPSA) is 26.3 Å². The van der Waals surface area contributed by atoms with E-state index in [0.29, 0.717) is 18.9 Å². The summed E-state index contributed by atoms with van der Waals surface area (Å²) in [5.41, 5.74) is 0.962. The molecule has 3 heteroatoms. The molecule has 0 amide bonds. The van der Waals surface area contributed by atoms with E-state index in [1.54, 1.807) is 12.1 Å². The minimum Gasteiger partial charge on any atom is -0.465 e. The summed E-state index contributed by atoms with van der Waals surface area (Å²) in [5.74, 6) is 0.0877. The van der Waals surface area contributed by atoms with E-state index < -0.39 is 0 Å². The Balaban J connectivity index is 1.76. The van der Waals surface area contributed by atoms with Gasteiger partial charge in [-0.2, -0.15) is 0 Å². The van der Waals surface area contributed by atoms with Crippen molar-refractivity contribution in [1.82, 2.24) is 0 Å². The number of benzene rings is 1. The molecular weight excluding hydrogens is 255 g/mol. The maximum Gasteiger partial charge on any atom is 0.306 e. The smallest absolute Gasteiger partial charge is 0.306 e. The first kappa shape index (κ1) is 14.8. The van der Waals surface area contributed by atoms with Gasteiger partial charge < -0.3 is 4.74 Å². The van der Waals surface area contributed by atoms with Crippen molar-refractivity contribution in [3.8, 4) is 0 Å². The zero-order valence-corrected chi connectivity index (χ0v) is 11.8. The van der Waals surface area contributed by atoms with Gasteiger partial charge >= 0.3 is 5.97 Å². The average molecular weight is 276 g/mol. The van der Waals surface area contributed by atoms with Crippen LogP contribution in [0.25, 0.3) is 0 Å². The highest BCUT2D eigenvalue weighted by atomic mass is 19.1. The van der Waals surface area contributed by atoms with E-state index in [-0.39, 0.29) is 17.7 Å². The molecule has 1 aliphatic rings. The van der Waals surface area contributed by atoms with Gasteiger partial charge in [-0.3, -0.25) is 4.79 Å². The number of hydrogen-bond donors (Lipinski definition) is 0. The van der Waals surface area contributed by atoms with Crippen molar-refractivity contribution in [3.63, 3.8) is 0 Å². The van der Waals surface area contributed by atoms with Crippen LogP contribution >= 0.6 is 0 Å². The number of allylic oxidation sites excluding steroid dienone is 2. The summed E-state index contributed by atoms with van der Waals surface area (Å²) in [4.78, 5) is 11.8. The summed E-state index contributed by atoms with van der Waals surface area (Å²) < 4.78 is 18.2. The molecule has 0 aromatic heterocycles. The van der Waals surface area contributed by atoms with Gasteiger partial charge in [0.05, 0.1) is 13.0 Å². The summed E-state index contributed by atoms with van der Waals surface area (Å²) in [7, 11) is 0. The molecule has 0 spiro atoms. The second kappa shape index (κ2) is 7.22. The summed E-state index contributed by atoms with van der Waals surface area (Å²) in [6, 6.07) is 6.29. The van der Waals surface area contributed by atoms with Crippen molar-refractivity contribution in [2.24, 2.45) is 5.92 Å². The summed E-state index contributed by atoms with van der Waals surface area (Å²) >= 11 is 0. The molecule has 108 valence electrons. The number of carbonyl (C=O) groups is 1. The number of hydrogen-bond acceptors (Lipinski definition) is 2. The quantitative estimate of drug-likeness (QED) is 0.594. The fourth-order valence-electron chi connectivity index (χ4n) is 2.44. The predicted molar refractivity (Wildman–Crippen MR) is 76.9 cm³/mol. The van der Waals surface area contributed by atoms with E-state index in [2.05, 4.69) is 12.2 Å². The van der Waals surface area contributed by atoms with Gasteiger partial charge in [0.2, 0.25) is 0 Å². The van der Waals surface area contributed by atoms with Gasteiger partial charge in [-0.15, -0.1) is 0 Å². The third-order valence-corrected chi connectivity index (χ3v) is 3.77. The van der Waals surface area contributed by atoms with Crippen molar-refractivity contribution in [1.29, 1.82) is 0 Å². The molecule has 0 aliphatic heterocycles. The number of ether oxygens (including phenoxy) is 1. The minimum absolute atomic E-state index is 0.0503. The van der Waals surface area contributed by atoms with Crippen LogP contribution in [0.15, 0.2) is 36.4 Å². The molecule has 0 saturated heterocycles. The van der Waals surface area contributed by atoms with Gasteiger partial charge in [0.1, 0.15) is 5.82 Å². The lowest BCUT2D eigenvalue weighted by Crippen LogP contribution is -2.16. The molecule has 0 fully saturated rings. The molecule has 1 aromatic carbocycles. The fourth-order valence-corrected chi connectivity index (χ4v) is 2.44. The molecule has 1 aliphatic carbocycles. The molecule has 2 atom stereocenters. The second-order valence-electron chi connectivity index (χ2n) is 5.49. The number of rotatable bonds is 5. The number of halogens is 1. The molecule has 0 saturated carbocycles. The third kappa shape index (κ3) is 4.48. The van der Waals surface area contributed by atoms with E-state index in [4.69, 9.17) is 4.74 Å². The van der Waals surface area contributed by atoms with Gasteiger partial charge in [-0.1, -0.05) is 31.2 Å². The first-order chi connectivity index (χ1) is 9.65. The van der Waals surface area contributed by atoms with Crippen molar-refractivity contribution in [3.05, 3.63) is 47.8 Å². The SMILES string of the molecule is CC(CC(=O)OCC1CC=CCC1)c1ccc(F)cc1. The van der Waals surface area contributed by atoms with Gasteiger partial charge in [-0.25, -0.2) is 4.39 Å². The monoisotopic (exact) mass is 276 g/mol. The zero-order valence-electron chi connectivity index (χ0n) is 11.8. The fraction of sp³-hybridized carbons (Fsp3) is 0.471. The highest BCUT2D eigenvalue weighted by Crippen LogP contribution is 2.21. The van der Waals surface area contributed by atoms with Gasteiger partial charge in [0.25, 0.3) is 0 Å². The molecule has 0 radical (unpaired) electrons. The lowest BCUT2D eigenvalue weighted by molar-refractivity contribution is -0.145. The maximum absolute atomic E-state index is 12.8. The summed E-state index contributed by atoms with van der Waals surface area (Å²) in [5, 5.41) is 0. The van der Waals surface area contributed by atoms with E-state index in [0.717, 1.165) is 24.8 Å². The van der Waals surface area contributed by atoms with Crippen LogP contribution in [-0.4, -0.2) is 12.6 Å². The van der Waals surface area contributed by atoms with Crippen LogP contribution in [-0.2, 0) is 9.53 Å². The number of esters is 1. The van der Waals surface area contributed by atoms with Crippen molar-refractivity contribution in [2.45, 2.75) is 38.5 Å². The van der Waals surface area contributed by atoms with Crippen molar-refractivity contribution in [2.75, 3.05) is 6.61 Å². The predicted octanol–water partition coefficient (Wildman–Crippen LogP) is 4.22. The maximum atomic E-state index is 12.8. The molecule has 0 heterocycles. The summed E-state index contributed by atoms with van der Waals surface area (Å²) in [6.07, 6.45) is 7.85. The van der Waals surface area contributed by atoms with Crippen LogP contribution < -0.4 is 0 Å². The minimum atomic E-state index is -0.256. The van der Waals surface area contributed by atoms with Crippen molar-refractivity contribution < 1.29 is 13.9 Å². The Morgan fingerprint density at radius 1 is 1.35 bits per heavy atom. The highest BCUT2D eigenvalue weighted by molar-refractivity contribution is 5.70. The van der Waals surface area contributed by atoms with Crippen LogP contribution in [0, 0.1) is 11.7 Å². The first-order valence-corrected chi connectivity index (χ1v) is 7.21. The Morgan fingerprint density at radius 3 is 2.75 bits per heavy atom. The molecule has 0 bridgehead atoms. The summed E-state index contributed by atoms with van der Waals surface area (Å²) in [6.45, 7) is 2.47.